The number of rotatable bonds is 4. The molecule has 50 heavy (non-hydrogen) atoms. The quantitative estimate of drug-likeness (QED) is 0.193. The van der Waals surface area contributed by atoms with E-state index in [1.54, 1.807) is 0 Å². The fraction of sp³-hybridized carbons (Fsp3) is 0. The van der Waals surface area contributed by atoms with E-state index in [1.165, 1.54) is 10.8 Å². The van der Waals surface area contributed by atoms with E-state index in [0.29, 0.717) is 22.3 Å². The standard InChI is InChI=1S/C45H25N5/c46-26-29-20-21-45-39(22-29)37-15-4-8-19-44(37)50(45)43-18-7-3-14-36(43)38-25-31(23-32(27-47)40(38)28-48)30-10-9-11-33(24-30)49-41-16-5-1-12-34(41)35-13-2-6-17-42(35)49/h1-25H. The van der Waals surface area contributed by atoms with Crippen LogP contribution in [0.4, 0.5) is 0 Å². The first kappa shape index (κ1) is 28.8. The lowest BCUT2D eigenvalue weighted by Crippen LogP contribution is -2.00. The second-order valence-corrected chi connectivity index (χ2v) is 12.3. The second-order valence-electron chi connectivity index (χ2n) is 12.3. The summed E-state index contributed by atoms with van der Waals surface area (Å²) in [6.07, 6.45) is 0. The Balaban J connectivity index is 1.28. The molecular formula is C45H25N5. The number of fused-ring (bicyclic) bond motifs is 6. The molecule has 0 bridgehead atoms. The second kappa shape index (κ2) is 11.4. The van der Waals surface area contributed by atoms with E-state index in [9.17, 15) is 15.8 Å². The summed E-state index contributed by atoms with van der Waals surface area (Å²) in [4.78, 5) is 0. The molecule has 7 aromatic carbocycles. The van der Waals surface area contributed by atoms with E-state index in [2.05, 4.69) is 106 Å². The molecule has 230 valence electrons. The third-order valence-electron chi connectivity index (χ3n) is 9.63. The lowest BCUT2D eigenvalue weighted by Gasteiger charge is -2.17. The lowest BCUT2D eigenvalue weighted by molar-refractivity contribution is 1.18. The largest absolute Gasteiger partial charge is 0.309 e. The van der Waals surface area contributed by atoms with Gasteiger partial charge in [0.15, 0.2) is 0 Å². The van der Waals surface area contributed by atoms with Gasteiger partial charge in [0.1, 0.15) is 12.1 Å². The topological polar surface area (TPSA) is 81.2 Å². The average molecular weight is 636 g/mol. The molecule has 0 unspecified atom stereocenters. The minimum atomic E-state index is 0.318. The molecule has 2 heterocycles. The maximum atomic E-state index is 10.5. The number of hydrogen-bond acceptors (Lipinski definition) is 3. The summed E-state index contributed by atoms with van der Waals surface area (Å²) in [6.45, 7) is 0. The minimum absolute atomic E-state index is 0.318. The molecule has 9 aromatic rings. The third kappa shape index (κ3) is 4.31. The first-order valence-corrected chi connectivity index (χ1v) is 16.3. The third-order valence-corrected chi connectivity index (χ3v) is 9.63. The van der Waals surface area contributed by atoms with Crippen LogP contribution in [0.1, 0.15) is 16.7 Å². The van der Waals surface area contributed by atoms with E-state index in [4.69, 9.17) is 0 Å². The van der Waals surface area contributed by atoms with Crippen LogP contribution in [0, 0.1) is 34.0 Å². The first-order valence-electron chi connectivity index (χ1n) is 16.3. The number of nitrogens with zero attached hydrogens (tertiary/aromatic N) is 5. The van der Waals surface area contributed by atoms with Crippen molar-refractivity contribution in [3.63, 3.8) is 0 Å². The van der Waals surface area contributed by atoms with Gasteiger partial charge in [0, 0.05) is 38.4 Å². The van der Waals surface area contributed by atoms with Crippen molar-refractivity contribution in [2.45, 2.75) is 0 Å². The number of aromatic nitrogens is 2. The summed E-state index contributed by atoms with van der Waals surface area (Å²) in [5, 5.41) is 34.9. The van der Waals surface area contributed by atoms with Gasteiger partial charge in [0.25, 0.3) is 0 Å². The Hall–Kier alpha value is -7.39. The van der Waals surface area contributed by atoms with Crippen LogP contribution in [0.2, 0.25) is 0 Å². The van der Waals surface area contributed by atoms with Crippen LogP contribution in [-0.4, -0.2) is 9.13 Å². The predicted octanol–water partition coefficient (Wildman–Crippen LogP) is 10.8. The van der Waals surface area contributed by atoms with Crippen LogP contribution in [0.3, 0.4) is 0 Å². The van der Waals surface area contributed by atoms with Gasteiger partial charge in [-0.25, -0.2) is 0 Å². The van der Waals surface area contributed by atoms with Crippen LogP contribution in [0.15, 0.2) is 152 Å². The maximum Gasteiger partial charge on any atom is 0.101 e. The molecule has 0 aliphatic rings. The Morgan fingerprint density at radius 1 is 0.400 bits per heavy atom. The minimum Gasteiger partial charge on any atom is -0.309 e. The predicted molar refractivity (Wildman–Crippen MR) is 200 cm³/mol. The van der Waals surface area contributed by atoms with Crippen molar-refractivity contribution >= 4 is 43.6 Å². The number of para-hydroxylation sites is 4. The molecule has 0 aliphatic carbocycles. The van der Waals surface area contributed by atoms with Crippen molar-refractivity contribution < 1.29 is 0 Å². The number of nitriles is 3. The van der Waals surface area contributed by atoms with E-state index in [1.807, 2.05) is 72.8 Å². The van der Waals surface area contributed by atoms with E-state index in [0.717, 1.165) is 60.9 Å². The zero-order valence-electron chi connectivity index (χ0n) is 26.7. The Labute approximate surface area is 287 Å². The molecule has 5 heteroatoms. The summed E-state index contributed by atoms with van der Waals surface area (Å²) in [6, 6.07) is 57.9. The molecule has 5 nitrogen and oxygen atoms in total. The fourth-order valence-electron chi connectivity index (χ4n) is 7.45. The summed E-state index contributed by atoms with van der Waals surface area (Å²) < 4.78 is 4.46. The van der Waals surface area contributed by atoms with E-state index >= 15 is 0 Å². The normalized spacial score (nSPS) is 11.1. The van der Waals surface area contributed by atoms with Crippen LogP contribution < -0.4 is 0 Å². The molecular weight excluding hydrogens is 611 g/mol. The van der Waals surface area contributed by atoms with Gasteiger partial charge in [-0.2, -0.15) is 15.8 Å². The van der Waals surface area contributed by atoms with Gasteiger partial charge in [-0.3, -0.25) is 0 Å². The van der Waals surface area contributed by atoms with Crippen LogP contribution >= 0.6 is 0 Å². The van der Waals surface area contributed by atoms with Crippen molar-refractivity contribution in [3.05, 3.63) is 168 Å². The highest BCUT2D eigenvalue weighted by molar-refractivity contribution is 6.11. The highest BCUT2D eigenvalue weighted by Gasteiger charge is 2.20. The van der Waals surface area contributed by atoms with Crippen molar-refractivity contribution in [1.29, 1.82) is 15.8 Å². The van der Waals surface area contributed by atoms with Crippen molar-refractivity contribution in [2.24, 2.45) is 0 Å². The summed E-state index contributed by atoms with van der Waals surface area (Å²) in [7, 11) is 0. The molecule has 9 rings (SSSR count). The van der Waals surface area contributed by atoms with Crippen LogP contribution in [-0.2, 0) is 0 Å². The SMILES string of the molecule is N#Cc1ccc2c(c1)c1ccccc1n2-c1ccccc1-c1cc(-c2cccc(-n3c4ccccc4c4ccccc43)c2)cc(C#N)c1C#N. The molecule has 0 atom stereocenters. The molecule has 0 amide bonds. The maximum absolute atomic E-state index is 10.5. The van der Waals surface area contributed by atoms with E-state index < -0.39 is 0 Å². The number of benzene rings is 7. The highest BCUT2D eigenvalue weighted by Crippen LogP contribution is 2.40. The number of hydrogen-bond donors (Lipinski definition) is 0. The molecule has 0 N–H and O–H groups in total. The summed E-state index contributed by atoms with van der Waals surface area (Å²) in [5.74, 6) is 0. The fourth-order valence-corrected chi connectivity index (χ4v) is 7.45. The highest BCUT2D eigenvalue weighted by atomic mass is 15.0. The molecule has 0 spiro atoms. The molecule has 0 radical (unpaired) electrons. The van der Waals surface area contributed by atoms with Crippen molar-refractivity contribution in [1.82, 2.24) is 9.13 Å². The van der Waals surface area contributed by atoms with Crippen LogP contribution in [0.5, 0.6) is 0 Å². The summed E-state index contributed by atoms with van der Waals surface area (Å²) in [5.41, 5.74) is 10.6. The summed E-state index contributed by atoms with van der Waals surface area (Å²) >= 11 is 0. The zero-order valence-corrected chi connectivity index (χ0v) is 26.7. The van der Waals surface area contributed by atoms with Gasteiger partial charge in [-0.15, -0.1) is 0 Å². The molecule has 0 aliphatic heterocycles. The molecule has 0 fully saturated rings. The van der Waals surface area contributed by atoms with Crippen LogP contribution in [0.25, 0.3) is 77.2 Å². The Morgan fingerprint density at radius 3 is 1.70 bits per heavy atom. The van der Waals surface area contributed by atoms with Gasteiger partial charge in [0.05, 0.1) is 50.5 Å². The van der Waals surface area contributed by atoms with Crippen molar-refractivity contribution in [3.8, 4) is 51.8 Å². The Morgan fingerprint density at radius 2 is 1.02 bits per heavy atom. The monoisotopic (exact) mass is 635 g/mol. The lowest BCUT2D eigenvalue weighted by atomic mass is 9.90. The first-order chi connectivity index (χ1) is 24.7. The van der Waals surface area contributed by atoms with Gasteiger partial charge >= 0.3 is 0 Å². The molecule has 2 aromatic heterocycles. The van der Waals surface area contributed by atoms with Gasteiger partial charge in [-0.1, -0.05) is 84.9 Å². The Bertz CT molecular complexity index is 2920. The van der Waals surface area contributed by atoms with Gasteiger partial charge in [-0.05, 0) is 77.9 Å². The smallest absolute Gasteiger partial charge is 0.101 e. The van der Waals surface area contributed by atoms with Gasteiger partial charge in [0.2, 0.25) is 0 Å². The average Bonchev–Trinajstić information content (AvgIpc) is 3.70. The zero-order chi connectivity index (χ0) is 33.8. The van der Waals surface area contributed by atoms with Crippen molar-refractivity contribution in [2.75, 3.05) is 0 Å². The Kier molecular flexibility index (Phi) is 6.56. The van der Waals surface area contributed by atoms with E-state index in [-0.39, 0.29) is 0 Å². The molecule has 0 saturated carbocycles. The van der Waals surface area contributed by atoms with Gasteiger partial charge < -0.3 is 9.13 Å². The molecule has 0 saturated heterocycles.